The highest BCUT2D eigenvalue weighted by atomic mass is 32.2. The molecule has 1 unspecified atom stereocenters. The molecule has 5 nitrogen and oxygen atoms in total. The van der Waals surface area contributed by atoms with E-state index in [9.17, 15) is 9.00 Å². The first kappa shape index (κ1) is 19.6. The Kier molecular flexibility index (Phi) is 7.16. The van der Waals surface area contributed by atoms with Gasteiger partial charge in [0.1, 0.15) is 19.1 Å². The van der Waals surface area contributed by atoms with E-state index in [0.29, 0.717) is 17.9 Å². The third-order valence-electron chi connectivity index (χ3n) is 2.85. The Bertz CT molecular complexity index is 658. The summed E-state index contributed by atoms with van der Waals surface area (Å²) in [5.41, 5.74) is 5.84. The Balaban J connectivity index is 3.05. The summed E-state index contributed by atoms with van der Waals surface area (Å²) in [5.74, 6) is 8.99. The third kappa shape index (κ3) is 7.57. The first-order valence-electron chi connectivity index (χ1n) is 7.39. The van der Waals surface area contributed by atoms with Crippen LogP contribution in [-0.2, 0) is 22.2 Å². The summed E-state index contributed by atoms with van der Waals surface area (Å²) in [4.78, 5) is 11.3. The average Bonchev–Trinajstić information content (AvgIpc) is 2.42. The zero-order valence-electron chi connectivity index (χ0n) is 14.4. The van der Waals surface area contributed by atoms with Crippen LogP contribution in [0.15, 0.2) is 18.2 Å². The highest BCUT2D eigenvalue weighted by Crippen LogP contribution is 2.18. The van der Waals surface area contributed by atoms with Gasteiger partial charge >= 0.3 is 0 Å². The quantitative estimate of drug-likeness (QED) is 0.368. The lowest BCUT2D eigenvalue weighted by Crippen LogP contribution is -2.30. The van der Waals surface area contributed by atoms with Gasteiger partial charge < -0.3 is 5.32 Å². The van der Waals surface area contributed by atoms with Gasteiger partial charge in [-0.1, -0.05) is 31.6 Å². The number of aryl methyl sites for hydroxylation is 1. The molecular weight excluding hydrogens is 326 g/mol. The lowest BCUT2D eigenvalue weighted by molar-refractivity contribution is -0.114. The SMILES string of the molecule is CC(=O)Nc1ccc(CCS(=O)N(C)N)cc1C#C[Si](C)(C)C. The van der Waals surface area contributed by atoms with Crippen LogP contribution in [-0.4, -0.2) is 35.4 Å². The van der Waals surface area contributed by atoms with Crippen molar-refractivity contribution in [1.82, 2.24) is 4.41 Å². The van der Waals surface area contributed by atoms with Crippen molar-refractivity contribution in [3.8, 4) is 11.5 Å². The number of nitrogens with two attached hydrogens (primary N) is 1. The fourth-order valence-electron chi connectivity index (χ4n) is 1.75. The molecule has 0 radical (unpaired) electrons. The highest BCUT2D eigenvalue weighted by Gasteiger charge is 2.10. The molecule has 0 aliphatic rings. The van der Waals surface area contributed by atoms with E-state index in [1.54, 1.807) is 7.05 Å². The fraction of sp³-hybridized carbons (Fsp3) is 0.438. The fourth-order valence-corrected chi connectivity index (χ4v) is 2.96. The van der Waals surface area contributed by atoms with Crippen molar-refractivity contribution in [1.29, 1.82) is 0 Å². The molecule has 7 heteroatoms. The number of nitrogens with zero attached hydrogens (tertiary/aromatic N) is 1. The van der Waals surface area contributed by atoms with Crippen molar-refractivity contribution in [2.75, 3.05) is 18.1 Å². The first-order valence-corrected chi connectivity index (χ1v) is 12.2. The van der Waals surface area contributed by atoms with Crippen LogP contribution in [0.2, 0.25) is 19.6 Å². The first-order chi connectivity index (χ1) is 10.6. The maximum Gasteiger partial charge on any atom is 0.221 e. The summed E-state index contributed by atoms with van der Waals surface area (Å²) >= 11 is 0. The molecule has 1 aromatic rings. The Labute approximate surface area is 142 Å². The molecule has 0 fully saturated rings. The molecule has 1 aromatic carbocycles. The largest absolute Gasteiger partial charge is 0.325 e. The summed E-state index contributed by atoms with van der Waals surface area (Å²) < 4.78 is 12.9. The van der Waals surface area contributed by atoms with Crippen LogP contribution in [0.3, 0.4) is 0 Å². The molecule has 0 aromatic heterocycles. The standard InChI is InChI=1S/C16H25N3O2SSi/c1-13(20)18-16-7-6-14(8-10-22(21)19(2)17)12-15(16)9-11-23(3,4)5/h6-7,12H,8,10,17H2,1-5H3,(H,18,20). The van der Waals surface area contributed by atoms with Crippen LogP contribution in [0.25, 0.3) is 0 Å². The summed E-state index contributed by atoms with van der Waals surface area (Å²) in [6.45, 7) is 7.98. The van der Waals surface area contributed by atoms with Crippen LogP contribution in [0.5, 0.6) is 0 Å². The molecule has 3 N–H and O–H groups in total. The Hall–Kier alpha value is -1.46. The Morgan fingerprint density at radius 3 is 2.57 bits per heavy atom. The minimum Gasteiger partial charge on any atom is -0.325 e. The van der Waals surface area contributed by atoms with Crippen LogP contribution in [0, 0.1) is 11.5 Å². The normalized spacial score (nSPS) is 12.5. The summed E-state index contributed by atoms with van der Waals surface area (Å²) in [7, 11) is -1.13. The number of rotatable bonds is 5. The maximum atomic E-state index is 11.7. The number of carbonyl (C=O) groups is 1. The molecule has 0 heterocycles. The lowest BCUT2D eigenvalue weighted by Gasteiger charge is -2.11. The lowest BCUT2D eigenvalue weighted by atomic mass is 10.1. The van der Waals surface area contributed by atoms with Gasteiger partial charge in [-0.2, -0.15) is 4.41 Å². The van der Waals surface area contributed by atoms with Crippen molar-refractivity contribution in [2.45, 2.75) is 33.0 Å². The van der Waals surface area contributed by atoms with Gasteiger partial charge in [-0.15, -0.1) is 5.54 Å². The average molecular weight is 352 g/mol. The zero-order chi connectivity index (χ0) is 17.6. The molecule has 0 spiro atoms. The molecule has 0 saturated heterocycles. The predicted octanol–water partition coefficient (Wildman–Crippen LogP) is 1.89. The maximum absolute atomic E-state index is 11.7. The highest BCUT2D eigenvalue weighted by molar-refractivity contribution is 7.82. The van der Waals surface area contributed by atoms with Gasteiger partial charge in [0.05, 0.1) is 5.69 Å². The van der Waals surface area contributed by atoms with Crippen molar-refractivity contribution >= 4 is 30.7 Å². The molecule has 126 valence electrons. The van der Waals surface area contributed by atoms with Crippen LogP contribution in [0.1, 0.15) is 18.1 Å². The Morgan fingerprint density at radius 1 is 1.39 bits per heavy atom. The number of anilines is 1. The van der Waals surface area contributed by atoms with Crippen molar-refractivity contribution in [3.63, 3.8) is 0 Å². The van der Waals surface area contributed by atoms with Crippen molar-refractivity contribution in [2.24, 2.45) is 5.84 Å². The smallest absolute Gasteiger partial charge is 0.221 e. The van der Waals surface area contributed by atoms with E-state index >= 15 is 0 Å². The molecule has 1 amide bonds. The van der Waals surface area contributed by atoms with Gasteiger partial charge in [-0.25, -0.2) is 4.21 Å². The third-order valence-corrected chi connectivity index (χ3v) is 4.92. The number of hydrogen-bond acceptors (Lipinski definition) is 3. The summed E-state index contributed by atoms with van der Waals surface area (Å²) in [6.07, 6.45) is 0.635. The Morgan fingerprint density at radius 2 is 2.04 bits per heavy atom. The summed E-state index contributed by atoms with van der Waals surface area (Å²) in [5, 5.41) is 2.81. The number of carbonyl (C=O) groups excluding carboxylic acids is 1. The molecule has 0 aliphatic carbocycles. The molecule has 1 rings (SSSR count). The van der Waals surface area contributed by atoms with Crippen molar-refractivity contribution < 1.29 is 9.00 Å². The number of nitrogens with one attached hydrogen (secondary N) is 1. The topological polar surface area (TPSA) is 75.4 Å². The van der Waals surface area contributed by atoms with Gasteiger partial charge in [0.2, 0.25) is 5.91 Å². The second kappa shape index (κ2) is 8.41. The van der Waals surface area contributed by atoms with Crippen LogP contribution >= 0.6 is 0 Å². The van der Waals surface area contributed by atoms with E-state index in [2.05, 4.69) is 36.4 Å². The molecule has 1 atom stereocenters. The number of hydrazine groups is 1. The molecule has 23 heavy (non-hydrogen) atoms. The minimum absolute atomic E-state index is 0.125. The van der Waals surface area contributed by atoms with Gasteiger partial charge in [0, 0.05) is 25.3 Å². The molecular formula is C16H25N3O2SSi. The minimum atomic E-state index is -1.52. The van der Waals surface area contributed by atoms with Crippen LogP contribution < -0.4 is 11.2 Å². The van der Waals surface area contributed by atoms with Gasteiger partial charge in [0.25, 0.3) is 0 Å². The van der Waals surface area contributed by atoms with E-state index < -0.39 is 19.1 Å². The molecule has 0 aliphatic heterocycles. The van der Waals surface area contributed by atoms with E-state index in [4.69, 9.17) is 5.84 Å². The summed E-state index contributed by atoms with van der Waals surface area (Å²) in [6, 6.07) is 5.71. The van der Waals surface area contributed by atoms with Crippen molar-refractivity contribution in [3.05, 3.63) is 29.3 Å². The molecule has 0 saturated carbocycles. The van der Waals surface area contributed by atoms with Gasteiger partial charge in [0.15, 0.2) is 0 Å². The van der Waals surface area contributed by atoms with Gasteiger partial charge in [-0.3, -0.25) is 10.6 Å². The van der Waals surface area contributed by atoms with Crippen LogP contribution in [0.4, 0.5) is 5.69 Å². The monoisotopic (exact) mass is 351 g/mol. The number of hydrogen-bond donors (Lipinski definition) is 2. The van der Waals surface area contributed by atoms with E-state index in [1.165, 1.54) is 11.3 Å². The van der Waals surface area contributed by atoms with E-state index in [-0.39, 0.29) is 5.91 Å². The van der Waals surface area contributed by atoms with Gasteiger partial charge in [-0.05, 0) is 24.1 Å². The predicted molar refractivity (Wildman–Crippen MR) is 99.6 cm³/mol. The second-order valence-electron chi connectivity index (χ2n) is 6.38. The number of amides is 1. The zero-order valence-corrected chi connectivity index (χ0v) is 16.2. The number of benzene rings is 1. The van der Waals surface area contributed by atoms with E-state index in [1.807, 2.05) is 18.2 Å². The second-order valence-corrected chi connectivity index (χ2v) is 12.8. The van der Waals surface area contributed by atoms with E-state index in [0.717, 1.165) is 11.1 Å². The molecule has 0 bridgehead atoms.